The molecule has 1 aromatic rings. The SMILES string of the molecule is O[C@H]1CC(C2CCOCC2)Oc2ccc(Cl)cc21. The van der Waals surface area contributed by atoms with Crippen molar-refractivity contribution >= 4 is 11.6 Å². The molecule has 1 N–H and O–H groups in total. The Morgan fingerprint density at radius 3 is 2.78 bits per heavy atom. The van der Waals surface area contributed by atoms with Gasteiger partial charge in [-0.15, -0.1) is 0 Å². The Hall–Kier alpha value is -0.770. The van der Waals surface area contributed by atoms with Crippen LogP contribution in [0.15, 0.2) is 18.2 Å². The number of fused-ring (bicyclic) bond motifs is 1. The molecular weight excluding hydrogens is 252 g/mol. The predicted molar refractivity (Wildman–Crippen MR) is 69.0 cm³/mol. The lowest BCUT2D eigenvalue weighted by atomic mass is 9.87. The lowest BCUT2D eigenvalue weighted by Crippen LogP contribution is -2.36. The van der Waals surface area contributed by atoms with E-state index >= 15 is 0 Å². The van der Waals surface area contributed by atoms with E-state index in [1.807, 2.05) is 6.07 Å². The van der Waals surface area contributed by atoms with Gasteiger partial charge in [0, 0.05) is 36.1 Å². The number of hydrogen-bond donors (Lipinski definition) is 1. The zero-order valence-corrected chi connectivity index (χ0v) is 10.9. The molecule has 1 aromatic carbocycles. The second-order valence-electron chi connectivity index (χ2n) is 5.04. The van der Waals surface area contributed by atoms with Gasteiger partial charge in [-0.1, -0.05) is 11.6 Å². The van der Waals surface area contributed by atoms with Gasteiger partial charge in [-0.05, 0) is 31.0 Å². The topological polar surface area (TPSA) is 38.7 Å². The number of hydrogen-bond acceptors (Lipinski definition) is 3. The van der Waals surface area contributed by atoms with Crippen molar-refractivity contribution in [1.29, 1.82) is 0 Å². The van der Waals surface area contributed by atoms with E-state index in [4.69, 9.17) is 21.1 Å². The number of rotatable bonds is 1. The summed E-state index contributed by atoms with van der Waals surface area (Å²) >= 11 is 5.94. The molecule has 4 heteroatoms. The van der Waals surface area contributed by atoms with Crippen LogP contribution in [0.3, 0.4) is 0 Å². The van der Waals surface area contributed by atoms with Crippen molar-refractivity contribution < 1.29 is 14.6 Å². The van der Waals surface area contributed by atoms with Crippen LogP contribution < -0.4 is 4.74 Å². The van der Waals surface area contributed by atoms with E-state index in [2.05, 4.69) is 0 Å². The summed E-state index contributed by atoms with van der Waals surface area (Å²) in [5.74, 6) is 1.26. The first-order valence-electron chi connectivity index (χ1n) is 6.46. The molecule has 98 valence electrons. The lowest BCUT2D eigenvalue weighted by Gasteiger charge is -2.36. The van der Waals surface area contributed by atoms with Gasteiger partial charge in [-0.3, -0.25) is 0 Å². The Morgan fingerprint density at radius 1 is 1.22 bits per heavy atom. The molecule has 2 heterocycles. The maximum atomic E-state index is 10.2. The van der Waals surface area contributed by atoms with Crippen LogP contribution in [0, 0.1) is 5.92 Å². The van der Waals surface area contributed by atoms with Crippen molar-refractivity contribution in [3.63, 3.8) is 0 Å². The molecular formula is C14H17ClO3. The molecule has 18 heavy (non-hydrogen) atoms. The third-order valence-corrected chi connectivity index (χ3v) is 4.09. The molecule has 0 aromatic heterocycles. The normalized spacial score (nSPS) is 28.6. The number of aliphatic hydroxyl groups excluding tert-OH is 1. The molecule has 0 spiro atoms. The van der Waals surface area contributed by atoms with Gasteiger partial charge in [0.15, 0.2) is 0 Å². The monoisotopic (exact) mass is 268 g/mol. The standard InChI is InChI=1S/C14H17ClO3/c15-10-1-2-13-11(7-10)12(16)8-14(18-13)9-3-5-17-6-4-9/h1-2,7,9,12,14,16H,3-6,8H2/t12-,14?/m0/s1. The number of aliphatic hydroxyl groups is 1. The van der Waals surface area contributed by atoms with Gasteiger partial charge in [0.1, 0.15) is 11.9 Å². The van der Waals surface area contributed by atoms with Crippen molar-refractivity contribution in [3.8, 4) is 5.75 Å². The summed E-state index contributed by atoms with van der Waals surface area (Å²) in [5.41, 5.74) is 0.811. The summed E-state index contributed by atoms with van der Waals surface area (Å²) in [4.78, 5) is 0. The Balaban J connectivity index is 1.80. The fourth-order valence-electron chi connectivity index (χ4n) is 2.82. The fourth-order valence-corrected chi connectivity index (χ4v) is 3.00. The van der Waals surface area contributed by atoms with E-state index in [1.54, 1.807) is 12.1 Å². The number of benzene rings is 1. The van der Waals surface area contributed by atoms with Crippen molar-refractivity contribution in [3.05, 3.63) is 28.8 Å². The Kier molecular flexibility index (Phi) is 3.46. The molecule has 1 saturated heterocycles. The molecule has 3 rings (SSSR count). The third-order valence-electron chi connectivity index (χ3n) is 3.86. The van der Waals surface area contributed by atoms with Crippen molar-refractivity contribution in [2.75, 3.05) is 13.2 Å². The smallest absolute Gasteiger partial charge is 0.125 e. The van der Waals surface area contributed by atoms with Crippen LogP contribution in [0.5, 0.6) is 5.75 Å². The van der Waals surface area contributed by atoms with E-state index < -0.39 is 6.10 Å². The van der Waals surface area contributed by atoms with Crippen LogP contribution in [-0.4, -0.2) is 24.4 Å². The summed E-state index contributed by atoms with van der Waals surface area (Å²) in [6.45, 7) is 1.60. The van der Waals surface area contributed by atoms with E-state index in [9.17, 15) is 5.11 Å². The van der Waals surface area contributed by atoms with Gasteiger partial charge in [0.05, 0.1) is 6.10 Å². The second kappa shape index (κ2) is 5.08. The first kappa shape index (κ1) is 12.3. The molecule has 1 fully saturated rings. The zero-order valence-electron chi connectivity index (χ0n) is 10.1. The minimum atomic E-state index is -0.472. The first-order valence-corrected chi connectivity index (χ1v) is 6.84. The van der Waals surface area contributed by atoms with Crippen LogP contribution in [0.25, 0.3) is 0 Å². The molecule has 2 aliphatic rings. The maximum absolute atomic E-state index is 10.2. The van der Waals surface area contributed by atoms with Gasteiger partial charge in [0.2, 0.25) is 0 Å². The average molecular weight is 269 g/mol. The van der Waals surface area contributed by atoms with Crippen molar-refractivity contribution in [1.82, 2.24) is 0 Å². The summed E-state index contributed by atoms with van der Waals surface area (Å²) < 4.78 is 11.4. The van der Waals surface area contributed by atoms with Crippen molar-refractivity contribution in [2.24, 2.45) is 5.92 Å². The van der Waals surface area contributed by atoms with Crippen LogP contribution in [-0.2, 0) is 4.74 Å². The molecule has 0 radical (unpaired) electrons. The minimum absolute atomic E-state index is 0.0950. The summed E-state index contributed by atoms with van der Waals surface area (Å²) in [5, 5.41) is 10.9. The molecule has 0 amide bonds. The van der Waals surface area contributed by atoms with Gasteiger partial charge in [-0.25, -0.2) is 0 Å². The third kappa shape index (κ3) is 2.35. The first-order chi connectivity index (χ1) is 8.74. The van der Waals surface area contributed by atoms with Crippen LogP contribution >= 0.6 is 11.6 Å². The maximum Gasteiger partial charge on any atom is 0.125 e. The Bertz CT molecular complexity index is 429. The molecule has 1 unspecified atom stereocenters. The molecule has 2 atom stereocenters. The summed E-state index contributed by atoms with van der Waals surface area (Å²) in [6, 6.07) is 5.45. The largest absolute Gasteiger partial charge is 0.490 e. The molecule has 3 nitrogen and oxygen atoms in total. The molecule has 0 saturated carbocycles. The van der Waals surface area contributed by atoms with E-state index in [0.29, 0.717) is 17.4 Å². The lowest BCUT2D eigenvalue weighted by molar-refractivity contribution is -0.0150. The molecule has 0 aliphatic carbocycles. The van der Waals surface area contributed by atoms with Gasteiger partial charge in [-0.2, -0.15) is 0 Å². The van der Waals surface area contributed by atoms with Crippen LogP contribution in [0.4, 0.5) is 0 Å². The predicted octanol–water partition coefficient (Wildman–Crippen LogP) is 2.95. The molecule has 2 aliphatic heterocycles. The van der Waals surface area contributed by atoms with Gasteiger partial charge >= 0.3 is 0 Å². The second-order valence-corrected chi connectivity index (χ2v) is 5.48. The van der Waals surface area contributed by atoms with Gasteiger partial charge < -0.3 is 14.6 Å². The zero-order chi connectivity index (χ0) is 12.5. The van der Waals surface area contributed by atoms with E-state index in [0.717, 1.165) is 37.4 Å². The van der Waals surface area contributed by atoms with E-state index in [1.165, 1.54) is 0 Å². The van der Waals surface area contributed by atoms with Gasteiger partial charge in [0.25, 0.3) is 0 Å². The summed E-state index contributed by atoms with van der Waals surface area (Å²) in [6.07, 6.45) is 2.30. The van der Waals surface area contributed by atoms with Crippen LogP contribution in [0.1, 0.15) is 30.9 Å². The van der Waals surface area contributed by atoms with Crippen molar-refractivity contribution in [2.45, 2.75) is 31.5 Å². The highest BCUT2D eigenvalue weighted by atomic mass is 35.5. The quantitative estimate of drug-likeness (QED) is 0.851. The minimum Gasteiger partial charge on any atom is -0.490 e. The average Bonchev–Trinajstić information content (AvgIpc) is 2.40. The fraction of sp³-hybridized carbons (Fsp3) is 0.571. The Morgan fingerprint density at radius 2 is 2.00 bits per heavy atom. The summed E-state index contributed by atoms with van der Waals surface area (Å²) in [7, 11) is 0. The van der Waals surface area contributed by atoms with Crippen LogP contribution in [0.2, 0.25) is 5.02 Å². The van der Waals surface area contributed by atoms with E-state index in [-0.39, 0.29) is 6.10 Å². The Labute approximate surface area is 112 Å². The highest BCUT2D eigenvalue weighted by molar-refractivity contribution is 6.30. The molecule has 0 bridgehead atoms. The highest BCUT2D eigenvalue weighted by Crippen LogP contribution is 2.39. The number of ether oxygens (including phenoxy) is 2. The number of halogens is 1. The highest BCUT2D eigenvalue weighted by Gasteiger charge is 2.33.